The molecule has 1 aliphatic carbocycles. The highest BCUT2D eigenvalue weighted by Crippen LogP contribution is 2.52. The topological polar surface area (TPSA) is 25.8 Å². The molecule has 0 spiro atoms. The number of hydrogen-bond acceptors (Lipinski definition) is 2. The van der Waals surface area contributed by atoms with Gasteiger partial charge in [0, 0.05) is 39.7 Å². The van der Waals surface area contributed by atoms with E-state index < -0.39 is 0 Å². The molecule has 0 N–H and O–H groups in total. The van der Waals surface area contributed by atoms with Gasteiger partial charge in [-0.15, -0.1) is 0 Å². The van der Waals surface area contributed by atoms with Crippen molar-refractivity contribution in [2.45, 2.75) is 19.3 Å². The van der Waals surface area contributed by atoms with Crippen LogP contribution in [0.25, 0.3) is 110 Å². The quantitative estimate of drug-likeness (QED) is 0.163. The summed E-state index contributed by atoms with van der Waals surface area (Å²) in [5, 5.41) is 7.23. The Balaban J connectivity index is 0.944. The Labute approximate surface area is 355 Å². The third-order valence-electron chi connectivity index (χ3n) is 13.2. The van der Waals surface area contributed by atoms with Crippen LogP contribution in [-0.4, -0.2) is 9.97 Å². The Morgan fingerprint density at radius 2 is 0.656 bits per heavy atom. The Bertz CT molecular complexity index is 3420. The molecule has 0 radical (unpaired) electrons. The third kappa shape index (κ3) is 5.42. The standard InChI is InChI=1S/C59H40N2/c1-59(2)51-35-41(37-25-27-40(28-26-37)53-45-19-9-11-21-47(45)55(38-15-5-3-6-16-38)57-49(53)23-13-33-60-57)29-31-43(51)44-32-30-42(36-52(44)59)54-46-20-10-12-22-48(46)56(39-17-7-4-8-18-39)58-50(54)24-14-34-61-58/h3-36H,1-2H3. The molecular formula is C59H40N2. The molecule has 0 unspecified atom stereocenters. The van der Waals surface area contributed by atoms with Gasteiger partial charge in [-0.2, -0.15) is 0 Å². The maximum Gasteiger partial charge on any atom is 0.0792 e. The molecule has 2 nitrogen and oxygen atoms in total. The molecule has 0 saturated heterocycles. The highest BCUT2D eigenvalue weighted by molar-refractivity contribution is 6.21. The second-order valence-electron chi connectivity index (χ2n) is 16.8. The largest absolute Gasteiger partial charge is 0.256 e. The molecule has 1 aliphatic rings. The Hall–Kier alpha value is -7.68. The van der Waals surface area contributed by atoms with Crippen molar-refractivity contribution >= 4 is 43.4 Å². The van der Waals surface area contributed by atoms with Gasteiger partial charge in [0.25, 0.3) is 0 Å². The number of benzene rings is 9. The molecule has 0 atom stereocenters. The SMILES string of the molecule is CC1(C)c2cc(-c3ccc(-c4c5ccccc5c(-c5ccccc5)c5ncccc45)cc3)ccc2-c2ccc(-c3c4ccccc4c(-c4ccccc4)c4ncccc34)cc21. The zero-order chi connectivity index (χ0) is 40.7. The van der Waals surface area contributed by atoms with Crippen molar-refractivity contribution in [1.29, 1.82) is 0 Å². The molecule has 9 aromatic carbocycles. The van der Waals surface area contributed by atoms with Crippen molar-refractivity contribution in [1.82, 2.24) is 9.97 Å². The van der Waals surface area contributed by atoms with Crippen molar-refractivity contribution in [3.8, 4) is 66.8 Å². The Morgan fingerprint density at radius 3 is 1.16 bits per heavy atom. The van der Waals surface area contributed by atoms with Gasteiger partial charge in [-0.25, -0.2) is 0 Å². The van der Waals surface area contributed by atoms with Crippen LogP contribution < -0.4 is 0 Å². The first kappa shape index (κ1) is 35.3. The van der Waals surface area contributed by atoms with E-state index >= 15 is 0 Å². The van der Waals surface area contributed by atoms with Crippen LogP contribution in [0.4, 0.5) is 0 Å². The predicted octanol–water partition coefficient (Wildman–Crippen LogP) is 15.7. The van der Waals surface area contributed by atoms with Crippen LogP contribution in [0.2, 0.25) is 0 Å². The van der Waals surface area contributed by atoms with Crippen molar-refractivity contribution in [2.24, 2.45) is 0 Å². The van der Waals surface area contributed by atoms with Gasteiger partial charge in [0.05, 0.1) is 11.0 Å². The highest BCUT2D eigenvalue weighted by atomic mass is 14.7. The fraction of sp³-hybridized carbons (Fsp3) is 0.0508. The minimum absolute atomic E-state index is 0.199. The van der Waals surface area contributed by atoms with Crippen LogP contribution in [-0.2, 0) is 5.41 Å². The van der Waals surface area contributed by atoms with E-state index in [1.54, 1.807) is 0 Å². The lowest BCUT2D eigenvalue weighted by atomic mass is 9.80. The second-order valence-corrected chi connectivity index (χ2v) is 16.8. The number of aromatic nitrogens is 2. The number of hydrogen-bond donors (Lipinski definition) is 0. The van der Waals surface area contributed by atoms with E-state index in [-0.39, 0.29) is 5.41 Å². The van der Waals surface area contributed by atoms with Crippen LogP contribution in [0, 0.1) is 0 Å². The van der Waals surface area contributed by atoms with Gasteiger partial charge in [0.1, 0.15) is 0 Å². The van der Waals surface area contributed by atoms with Crippen LogP contribution in [0.15, 0.2) is 207 Å². The molecule has 0 bridgehead atoms. The van der Waals surface area contributed by atoms with Gasteiger partial charge in [0.2, 0.25) is 0 Å². The maximum absolute atomic E-state index is 5.03. The minimum atomic E-state index is -0.199. The second kappa shape index (κ2) is 13.7. The molecule has 2 heterocycles. The first-order chi connectivity index (χ1) is 30.0. The van der Waals surface area contributed by atoms with E-state index in [0.29, 0.717) is 0 Å². The molecule has 286 valence electrons. The molecule has 0 saturated carbocycles. The maximum atomic E-state index is 5.03. The average Bonchev–Trinajstić information content (AvgIpc) is 3.54. The molecule has 12 rings (SSSR count). The van der Waals surface area contributed by atoms with E-state index in [1.165, 1.54) is 105 Å². The van der Waals surface area contributed by atoms with Crippen LogP contribution in [0.3, 0.4) is 0 Å². The summed E-state index contributed by atoms with van der Waals surface area (Å²) < 4.78 is 0. The lowest BCUT2D eigenvalue weighted by Crippen LogP contribution is -2.15. The Morgan fingerprint density at radius 1 is 0.295 bits per heavy atom. The lowest BCUT2D eigenvalue weighted by molar-refractivity contribution is 0.661. The monoisotopic (exact) mass is 776 g/mol. The van der Waals surface area contributed by atoms with E-state index in [4.69, 9.17) is 9.97 Å². The van der Waals surface area contributed by atoms with E-state index in [2.05, 4.69) is 208 Å². The molecule has 2 heteroatoms. The fourth-order valence-corrected chi connectivity index (χ4v) is 10.3. The zero-order valence-corrected chi connectivity index (χ0v) is 34.0. The molecule has 2 aromatic heterocycles. The zero-order valence-electron chi connectivity index (χ0n) is 34.0. The third-order valence-corrected chi connectivity index (χ3v) is 13.2. The van der Waals surface area contributed by atoms with Gasteiger partial charge in [-0.05, 0) is 113 Å². The molecule has 61 heavy (non-hydrogen) atoms. The van der Waals surface area contributed by atoms with Crippen LogP contribution in [0.1, 0.15) is 25.0 Å². The number of nitrogens with zero attached hydrogens (tertiary/aromatic N) is 2. The average molecular weight is 777 g/mol. The fourth-order valence-electron chi connectivity index (χ4n) is 10.3. The summed E-state index contributed by atoms with van der Waals surface area (Å²) in [6.07, 6.45) is 3.83. The summed E-state index contributed by atoms with van der Waals surface area (Å²) in [5.41, 5.74) is 19.2. The first-order valence-corrected chi connectivity index (χ1v) is 21.1. The van der Waals surface area contributed by atoms with Crippen molar-refractivity contribution in [3.05, 3.63) is 218 Å². The van der Waals surface area contributed by atoms with E-state index in [1.807, 2.05) is 12.4 Å². The van der Waals surface area contributed by atoms with Crippen molar-refractivity contribution < 1.29 is 0 Å². The number of fused-ring (bicyclic) bond motifs is 7. The van der Waals surface area contributed by atoms with E-state index in [0.717, 1.165) is 16.4 Å². The summed E-state index contributed by atoms with van der Waals surface area (Å²) in [4.78, 5) is 10.0. The summed E-state index contributed by atoms with van der Waals surface area (Å²) >= 11 is 0. The van der Waals surface area contributed by atoms with Gasteiger partial charge in [0.15, 0.2) is 0 Å². The van der Waals surface area contributed by atoms with Crippen LogP contribution >= 0.6 is 0 Å². The number of pyridine rings is 2. The lowest BCUT2D eigenvalue weighted by Gasteiger charge is -2.23. The molecule has 0 amide bonds. The molecule has 0 fully saturated rings. The molecule has 11 aromatic rings. The minimum Gasteiger partial charge on any atom is -0.256 e. The molecule has 0 aliphatic heterocycles. The molecular weight excluding hydrogens is 737 g/mol. The van der Waals surface area contributed by atoms with Crippen molar-refractivity contribution in [2.75, 3.05) is 0 Å². The van der Waals surface area contributed by atoms with Gasteiger partial charge >= 0.3 is 0 Å². The normalized spacial score (nSPS) is 12.9. The summed E-state index contributed by atoms with van der Waals surface area (Å²) in [6.45, 7) is 4.77. The number of rotatable bonds is 5. The Kier molecular flexibility index (Phi) is 7.92. The predicted molar refractivity (Wildman–Crippen MR) is 257 cm³/mol. The van der Waals surface area contributed by atoms with Gasteiger partial charge in [-0.1, -0.05) is 184 Å². The van der Waals surface area contributed by atoms with E-state index in [9.17, 15) is 0 Å². The highest BCUT2D eigenvalue weighted by Gasteiger charge is 2.36. The van der Waals surface area contributed by atoms with Gasteiger partial charge in [-0.3, -0.25) is 9.97 Å². The summed E-state index contributed by atoms with van der Waals surface area (Å²) in [6, 6.07) is 70.9. The summed E-state index contributed by atoms with van der Waals surface area (Å²) in [5.74, 6) is 0. The van der Waals surface area contributed by atoms with Crippen LogP contribution in [0.5, 0.6) is 0 Å². The summed E-state index contributed by atoms with van der Waals surface area (Å²) in [7, 11) is 0. The van der Waals surface area contributed by atoms with Crippen molar-refractivity contribution in [3.63, 3.8) is 0 Å². The smallest absolute Gasteiger partial charge is 0.0792 e. The van der Waals surface area contributed by atoms with Gasteiger partial charge < -0.3 is 0 Å². The first-order valence-electron chi connectivity index (χ1n) is 21.1.